The maximum absolute atomic E-state index is 11.3. The van der Waals surface area contributed by atoms with Crippen molar-refractivity contribution in [1.29, 1.82) is 0 Å². The van der Waals surface area contributed by atoms with Crippen LogP contribution in [0.1, 0.15) is 26.2 Å². The zero-order valence-electron chi connectivity index (χ0n) is 12.1. The number of hydrogen-bond donors (Lipinski definition) is 2. The molecule has 5 nitrogen and oxygen atoms in total. The summed E-state index contributed by atoms with van der Waals surface area (Å²) in [5.74, 6) is 1.30. The van der Waals surface area contributed by atoms with Crippen LogP contribution in [0.5, 0.6) is 11.5 Å². The lowest BCUT2D eigenvalue weighted by atomic mass is 10.3. The molecular formula is C15H24N2O3. The molecule has 0 aliphatic rings. The van der Waals surface area contributed by atoms with Crippen LogP contribution in [0.25, 0.3) is 0 Å². The predicted molar refractivity (Wildman–Crippen MR) is 79.0 cm³/mol. The Bertz CT molecular complexity index is 379. The Morgan fingerprint density at radius 1 is 1.15 bits per heavy atom. The summed E-state index contributed by atoms with van der Waals surface area (Å²) in [6.45, 7) is 3.78. The molecule has 3 N–H and O–H groups in total. The number of carbonyl (C=O) groups excluding carboxylic acids is 1. The maximum Gasteiger partial charge on any atom is 0.257 e. The molecule has 0 atom stereocenters. The lowest BCUT2D eigenvalue weighted by Gasteiger charge is -2.08. The molecule has 0 bridgehead atoms. The molecule has 112 valence electrons. The fourth-order valence-corrected chi connectivity index (χ4v) is 1.59. The molecule has 5 heteroatoms. The van der Waals surface area contributed by atoms with Gasteiger partial charge in [-0.25, -0.2) is 0 Å². The summed E-state index contributed by atoms with van der Waals surface area (Å²) >= 11 is 0. The molecule has 0 spiro atoms. The fraction of sp³-hybridized carbons (Fsp3) is 0.533. The normalized spacial score (nSPS) is 10.1. The van der Waals surface area contributed by atoms with E-state index in [0.717, 1.165) is 18.8 Å². The summed E-state index contributed by atoms with van der Waals surface area (Å²) in [5, 5.41) is 2.64. The van der Waals surface area contributed by atoms with Crippen molar-refractivity contribution in [2.75, 3.05) is 26.3 Å². The third kappa shape index (κ3) is 6.99. The summed E-state index contributed by atoms with van der Waals surface area (Å²) < 4.78 is 10.9. The molecule has 0 aliphatic heterocycles. The quantitative estimate of drug-likeness (QED) is 0.640. The van der Waals surface area contributed by atoms with Crippen molar-refractivity contribution in [3.8, 4) is 11.5 Å². The SMILES string of the molecule is CCCCCOc1ccc(OCC(=O)NCCN)cc1. The van der Waals surface area contributed by atoms with E-state index in [1.807, 2.05) is 12.1 Å². The van der Waals surface area contributed by atoms with Crippen molar-refractivity contribution in [2.45, 2.75) is 26.2 Å². The summed E-state index contributed by atoms with van der Waals surface area (Å²) in [6, 6.07) is 7.29. The van der Waals surface area contributed by atoms with Crippen LogP contribution in [0.15, 0.2) is 24.3 Å². The average Bonchev–Trinajstić information content (AvgIpc) is 2.48. The zero-order valence-corrected chi connectivity index (χ0v) is 12.1. The predicted octanol–water partition coefficient (Wildman–Crippen LogP) is 1.71. The van der Waals surface area contributed by atoms with Gasteiger partial charge in [-0.15, -0.1) is 0 Å². The largest absolute Gasteiger partial charge is 0.494 e. The highest BCUT2D eigenvalue weighted by atomic mass is 16.5. The minimum absolute atomic E-state index is 0.00327. The van der Waals surface area contributed by atoms with Crippen molar-refractivity contribution in [2.24, 2.45) is 5.73 Å². The molecular weight excluding hydrogens is 256 g/mol. The number of rotatable bonds is 10. The Balaban J connectivity index is 2.26. The Kier molecular flexibility index (Phi) is 8.22. The first-order chi connectivity index (χ1) is 9.76. The van der Waals surface area contributed by atoms with E-state index in [-0.39, 0.29) is 12.5 Å². The second-order valence-electron chi connectivity index (χ2n) is 4.45. The fourth-order valence-electron chi connectivity index (χ4n) is 1.59. The number of benzene rings is 1. The number of amides is 1. The van der Waals surface area contributed by atoms with E-state index < -0.39 is 0 Å². The van der Waals surface area contributed by atoms with E-state index in [9.17, 15) is 4.79 Å². The van der Waals surface area contributed by atoms with E-state index in [4.69, 9.17) is 15.2 Å². The van der Waals surface area contributed by atoms with Crippen LogP contribution in [0.2, 0.25) is 0 Å². The van der Waals surface area contributed by atoms with Crippen molar-refractivity contribution in [3.05, 3.63) is 24.3 Å². The molecule has 0 radical (unpaired) electrons. The second kappa shape index (κ2) is 10.1. The molecule has 0 aliphatic carbocycles. The van der Waals surface area contributed by atoms with E-state index in [1.165, 1.54) is 12.8 Å². The summed E-state index contributed by atoms with van der Waals surface area (Å²) in [7, 11) is 0. The van der Waals surface area contributed by atoms with Gasteiger partial charge in [-0.1, -0.05) is 19.8 Å². The molecule has 20 heavy (non-hydrogen) atoms. The lowest BCUT2D eigenvalue weighted by molar-refractivity contribution is -0.123. The number of nitrogens with two attached hydrogens (primary N) is 1. The van der Waals surface area contributed by atoms with E-state index in [2.05, 4.69) is 12.2 Å². The maximum atomic E-state index is 11.3. The van der Waals surface area contributed by atoms with E-state index in [1.54, 1.807) is 12.1 Å². The Morgan fingerprint density at radius 3 is 2.40 bits per heavy atom. The van der Waals surface area contributed by atoms with Gasteiger partial charge in [0.1, 0.15) is 11.5 Å². The van der Waals surface area contributed by atoms with Crippen molar-refractivity contribution >= 4 is 5.91 Å². The molecule has 0 fully saturated rings. The highest BCUT2D eigenvalue weighted by molar-refractivity contribution is 5.77. The van der Waals surface area contributed by atoms with Gasteiger partial charge < -0.3 is 20.5 Å². The first-order valence-corrected chi connectivity index (χ1v) is 7.08. The second-order valence-corrected chi connectivity index (χ2v) is 4.45. The highest BCUT2D eigenvalue weighted by Gasteiger charge is 2.02. The smallest absolute Gasteiger partial charge is 0.257 e. The molecule has 1 rings (SSSR count). The number of carbonyl (C=O) groups is 1. The third-order valence-corrected chi connectivity index (χ3v) is 2.68. The van der Waals surface area contributed by atoms with Gasteiger partial charge in [0.25, 0.3) is 5.91 Å². The lowest BCUT2D eigenvalue weighted by Crippen LogP contribution is -2.32. The van der Waals surface area contributed by atoms with E-state index >= 15 is 0 Å². The molecule has 1 aromatic carbocycles. The van der Waals surface area contributed by atoms with Gasteiger partial charge in [-0.05, 0) is 30.7 Å². The van der Waals surface area contributed by atoms with Crippen LogP contribution < -0.4 is 20.5 Å². The standard InChI is InChI=1S/C15H24N2O3/c1-2-3-4-11-19-13-5-7-14(8-6-13)20-12-15(18)17-10-9-16/h5-8H,2-4,9-12,16H2,1H3,(H,17,18). The monoisotopic (exact) mass is 280 g/mol. The van der Waals surface area contributed by atoms with Gasteiger partial charge in [0.2, 0.25) is 0 Å². The molecule has 1 amide bonds. The van der Waals surface area contributed by atoms with Gasteiger partial charge in [0.05, 0.1) is 6.61 Å². The Morgan fingerprint density at radius 2 is 1.80 bits per heavy atom. The van der Waals surface area contributed by atoms with Gasteiger partial charge >= 0.3 is 0 Å². The van der Waals surface area contributed by atoms with Crippen LogP contribution in [-0.2, 0) is 4.79 Å². The first-order valence-electron chi connectivity index (χ1n) is 7.08. The molecule has 0 saturated heterocycles. The zero-order chi connectivity index (χ0) is 14.6. The van der Waals surface area contributed by atoms with Gasteiger partial charge in [-0.3, -0.25) is 4.79 Å². The van der Waals surface area contributed by atoms with Crippen LogP contribution >= 0.6 is 0 Å². The third-order valence-electron chi connectivity index (χ3n) is 2.68. The molecule has 0 heterocycles. The molecule has 0 aromatic heterocycles. The van der Waals surface area contributed by atoms with Gasteiger partial charge in [0.15, 0.2) is 6.61 Å². The summed E-state index contributed by atoms with van der Waals surface area (Å²) in [4.78, 5) is 11.3. The van der Waals surface area contributed by atoms with Crippen molar-refractivity contribution in [1.82, 2.24) is 5.32 Å². The van der Waals surface area contributed by atoms with Crippen molar-refractivity contribution < 1.29 is 14.3 Å². The van der Waals surface area contributed by atoms with Crippen LogP contribution in [-0.4, -0.2) is 32.2 Å². The average molecular weight is 280 g/mol. The number of hydrogen-bond acceptors (Lipinski definition) is 4. The first kappa shape index (κ1) is 16.3. The number of ether oxygens (including phenoxy) is 2. The Hall–Kier alpha value is -1.75. The molecule has 0 unspecified atom stereocenters. The van der Waals surface area contributed by atoms with Crippen LogP contribution in [0.4, 0.5) is 0 Å². The highest BCUT2D eigenvalue weighted by Crippen LogP contribution is 2.17. The van der Waals surface area contributed by atoms with E-state index in [0.29, 0.717) is 18.8 Å². The number of nitrogens with one attached hydrogen (secondary N) is 1. The van der Waals surface area contributed by atoms with Crippen LogP contribution in [0, 0.1) is 0 Å². The Labute approximate surface area is 120 Å². The topological polar surface area (TPSA) is 73.6 Å². The number of unbranched alkanes of at least 4 members (excludes halogenated alkanes) is 2. The van der Waals surface area contributed by atoms with Gasteiger partial charge in [0, 0.05) is 13.1 Å². The van der Waals surface area contributed by atoms with Crippen molar-refractivity contribution in [3.63, 3.8) is 0 Å². The molecule has 1 aromatic rings. The summed E-state index contributed by atoms with van der Waals surface area (Å²) in [6.07, 6.45) is 3.43. The minimum atomic E-state index is -0.171. The van der Waals surface area contributed by atoms with Crippen LogP contribution in [0.3, 0.4) is 0 Å². The molecule has 0 saturated carbocycles. The van der Waals surface area contributed by atoms with Gasteiger partial charge in [-0.2, -0.15) is 0 Å². The minimum Gasteiger partial charge on any atom is -0.494 e. The summed E-state index contributed by atoms with van der Waals surface area (Å²) in [5.41, 5.74) is 5.29.